The van der Waals surface area contributed by atoms with E-state index in [9.17, 15) is 5.11 Å². The number of rotatable bonds is 5. The molecule has 0 amide bonds. The van der Waals surface area contributed by atoms with Crippen molar-refractivity contribution < 1.29 is 5.11 Å². The number of aliphatic hydroxyl groups is 1. The fourth-order valence-electron chi connectivity index (χ4n) is 2.79. The maximum absolute atomic E-state index is 9.90. The summed E-state index contributed by atoms with van der Waals surface area (Å²) >= 11 is 0. The number of hydrogen-bond acceptors (Lipinski definition) is 1. The Balaban J connectivity index is 2.29. The smallest absolute Gasteiger partial charge is 0.0568 e. The van der Waals surface area contributed by atoms with Gasteiger partial charge in [-0.3, -0.25) is 0 Å². The third-order valence-electron chi connectivity index (χ3n) is 3.64. The monoisotopic (exact) mass is 208 g/mol. The third-order valence-corrected chi connectivity index (χ3v) is 3.64. The van der Waals surface area contributed by atoms with Crippen molar-refractivity contribution in [2.24, 2.45) is 11.8 Å². The molecule has 1 rings (SSSR count). The van der Waals surface area contributed by atoms with Gasteiger partial charge in [-0.25, -0.2) is 0 Å². The molecule has 1 saturated carbocycles. The second-order valence-corrected chi connectivity index (χ2v) is 4.89. The maximum Gasteiger partial charge on any atom is 0.0568 e. The molecule has 1 aliphatic carbocycles. The van der Waals surface area contributed by atoms with Crippen molar-refractivity contribution in [3.8, 4) is 12.3 Å². The van der Waals surface area contributed by atoms with Gasteiger partial charge in [0, 0.05) is 6.42 Å². The predicted octanol–water partition coefficient (Wildman–Crippen LogP) is 3.37. The molecule has 0 heterocycles. The fourth-order valence-corrected chi connectivity index (χ4v) is 2.79. The van der Waals surface area contributed by atoms with Gasteiger partial charge in [0.1, 0.15) is 0 Å². The van der Waals surface area contributed by atoms with Gasteiger partial charge >= 0.3 is 0 Å². The van der Waals surface area contributed by atoms with E-state index in [1.807, 2.05) is 0 Å². The van der Waals surface area contributed by atoms with Crippen LogP contribution in [0.25, 0.3) is 0 Å². The summed E-state index contributed by atoms with van der Waals surface area (Å²) in [6, 6.07) is 0. The first kappa shape index (κ1) is 12.6. The molecule has 0 aromatic carbocycles. The van der Waals surface area contributed by atoms with Gasteiger partial charge in [0.15, 0.2) is 0 Å². The zero-order chi connectivity index (χ0) is 11.1. The van der Waals surface area contributed by atoms with Crippen LogP contribution in [0.3, 0.4) is 0 Å². The summed E-state index contributed by atoms with van der Waals surface area (Å²) in [5, 5.41) is 9.90. The summed E-state index contributed by atoms with van der Waals surface area (Å²) in [6.45, 7) is 2.25. The molecule has 0 saturated heterocycles. The second-order valence-electron chi connectivity index (χ2n) is 4.89. The average Bonchev–Trinajstić information content (AvgIpc) is 2.23. The van der Waals surface area contributed by atoms with Crippen LogP contribution in [0.5, 0.6) is 0 Å². The number of aliphatic hydroxyl groups excluding tert-OH is 1. The van der Waals surface area contributed by atoms with Gasteiger partial charge in [0.05, 0.1) is 6.10 Å². The molecule has 3 atom stereocenters. The van der Waals surface area contributed by atoms with Crippen LogP contribution in [-0.4, -0.2) is 11.2 Å². The molecule has 0 aromatic heterocycles. The normalized spacial score (nSPS) is 31.1. The highest BCUT2D eigenvalue weighted by atomic mass is 16.3. The van der Waals surface area contributed by atoms with Crippen molar-refractivity contribution >= 4 is 0 Å². The molecule has 1 N–H and O–H groups in total. The lowest BCUT2D eigenvalue weighted by molar-refractivity contribution is 0.0411. The number of terminal acetylenes is 1. The van der Waals surface area contributed by atoms with Gasteiger partial charge in [-0.2, -0.15) is 0 Å². The number of hydrogen-bond donors (Lipinski definition) is 1. The minimum absolute atomic E-state index is 0.0594. The molecule has 0 spiro atoms. The molecule has 0 bridgehead atoms. The van der Waals surface area contributed by atoms with Gasteiger partial charge in [-0.15, -0.1) is 12.3 Å². The molecule has 0 aromatic rings. The Bertz CT molecular complexity index is 204. The van der Waals surface area contributed by atoms with E-state index in [0.717, 1.165) is 31.6 Å². The van der Waals surface area contributed by atoms with E-state index in [1.165, 1.54) is 25.7 Å². The lowest BCUT2D eigenvalue weighted by atomic mass is 9.76. The Morgan fingerprint density at radius 2 is 2.13 bits per heavy atom. The Hall–Kier alpha value is -0.480. The Kier molecular flexibility index (Phi) is 5.79. The van der Waals surface area contributed by atoms with Gasteiger partial charge in [-0.1, -0.05) is 19.8 Å². The Labute approximate surface area is 94.3 Å². The van der Waals surface area contributed by atoms with E-state index in [1.54, 1.807) is 0 Å². The van der Waals surface area contributed by atoms with Gasteiger partial charge in [0.25, 0.3) is 0 Å². The topological polar surface area (TPSA) is 20.2 Å². The van der Waals surface area contributed by atoms with Crippen LogP contribution >= 0.6 is 0 Å². The molecular formula is C14H24O. The van der Waals surface area contributed by atoms with Crippen LogP contribution in [-0.2, 0) is 0 Å². The summed E-state index contributed by atoms with van der Waals surface area (Å²) in [5.74, 6) is 4.05. The van der Waals surface area contributed by atoms with Crippen molar-refractivity contribution in [3.63, 3.8) is 0 Å². The quantitative estimate of drug-likeness (QED) is 0.542. The zero-order valence-electron chi connectivity index (χ0n) is 9.91. The predicted molar refractivity (Wildman–Crippen MR) is 64.4 cm³/mol. The highest BCUT2D eigenvalue weighted by Crippen LogP contribution is 2.34. The molecule has 1 aliphatic rings. The lowest BCUT2D eigenvalue weighted by Crippen LogP contribution is -2.29. The van der Waals surface area contributed by atoms with E-state index < -0.39 is 0 Å². The van der Waals surface area contributed by atoms with E-state index in [2.05, 4.69) is 12.8 Å². The van der Waals surface area contributed by atoms with E-state index in [-0.39, 0.29) is 6.10 Å². The van der Waals surface area contributed by atoms with Gasteiger partial charge < -0.3 is 5.11 Å². The maximum atomic E-state index is 9.90. The molecule has 0 radical (unpaired) electrons. The molecule has 15 heavy (non-hydrogen) atoms. The third kappa shape index (κ3) is 4.26. The molecular weight excluding hydrogens is 184 g/mol. The van der Waals surface area contributed by atoms with Crippen LogP contribution < -0.4 is 0 Å². The summed E-state index contributed by atoms with van der Waals surface area (Å²) in [4.78, 5) is 0. The Morgan fingerprint density at radius 3 is 2.80 bits per heavy atom. The van der Waals surface area contributed by atoms with Crippen LogP contribution in [0.1, 0.15) is 58.3 Å². The average molecular weight is 208 g/mol. The van der Waals surface area contributed by atoms with Crippen LogP contribution in [0.15, 0.2) is 0 Å². The fraction of sp³-hybridized carbons (Fsp3) is 0.857. The lowest BCUT2D eigenvalue weighted by Gasteiger charge is -2.33. The molecule has 86 valence electrons. The Morgan fingerprint density at radius 1 is 1.33 bits per heavy atom. The SMILES string of the molecule is C#CCCCC1CC(CCC)CCC1O. The van der Waals surface area contributed by atoms with Crippen molar-refractivity contribution in [3.05, 3.63) is 0 Å². The summed E-state index contributed by atoms with van der Waals surface area (Å²) in [7, 11) is 0. The summed E-state index contributed by atoms with van der Waals surface area (Å²) in [5.41, 5.74) is 0. The van der Waals surface area contributed by atoms with E-state index in [0.29, 0.717) is 5.92 Å². The minimum atomic E-state index is -0.0594. The standard InChI is InChI=1S/C14H24O/c1-3-5-6-8-13-11-12(7-4-2)9-10-14(13)15/h1,12-15H,4-11H2,2H3. The zero-order valence-corrected chi connectivity index (χ0v) is 9.91. The van der Waals surface area contributed by atoms with Crippen LogP contribution in [0.2, 0.25) is 0 Å². The van der Waals surface area contributed by atoms with Crippen LogP contribution in [0.4, 0.5) is 0 Å². The molecule has 0 aliphatic heterocycles. The summed E-state index contributed by atoms with van der Waals surface area (Å²) < 4.78 is 0. The first-order valence-electron chi connectivity index (χ1n) is 6.39. The second kappa shape index (κ2) is 6.90. The molecule has 3 unspecified atom stereocenters. The van der Waals surface area contributed by atoms with Crippen molar-refractivity contribution in [2.45, 2.75) is 64.4 Å². The molecule has 1 fully saturated rings. The first-order valence-corrected chi connectivity index (χ1v) is 6.39. The van der Waals surface area contributed by atoms with Crippen LogP contribution in [0, 0.1) is 24.2 Å². The highest BCUT2D eigenvalue weighted by Gasteiger charge is 2.27. The van der Waals surface area contributed by atoms with E-state index in [4.69, 9.17) is 6.42 Å². The van der Waals surface area contributed by atoms with Crippen molar-refractivity contribution in [1.29, 1.82) is 0 Å². The van der Waals surface area contributed by atoms with Gasteiger partial charge in [-0.05, 0) is 43.9 Å². The summed E-state index contributed by atoms with van der Waals surface area (Å²) in [6.07, 6.45) is 14.3. The number of unbranched alkanes of at least 4 members (excludes halogenated alkanes) is 1. The largest absolute Gasteiger partial charge is 0.393 e. The first-order chi connectivity index (χ1) is 7.27. The molecule has 1 heteroatoms. The van der Waals surface area contributed by atoms with Gasteiger partial charge in [0.2, 0.25) is 0 Å². The van der Waals surface area contributed by atoms with Crippen molar-refractivity contribution in [2.75, 3.05) is 0 Å². The highest BCUT2D eigenvalue weighted by molar-refractivity contribution is 4.85. The van der Waals surface area contributed by atoms with Crippen molar-refractivity contribution in [1.82, 2.24) is 0 Å². The minimum Gasteiger partial charge on any atom is -0.393 e. The molecule has 1 nitrogen and oxygen atoms in total. The van der Waals surface area contributed by atoms with E-state index >= 15 is 0 Å².